The van der Waals surface area contributed by atoms with Gasteiger partial charge >= 0.3 is 0 Å². The van der Waals surface area contributed by atoms with Crippen LogP contribution in [-0.4, -0.2) is 69.7 Å². The molecule has 0 radical (unpaired) electrons. The third-order valence-corrected chi connectivity index (χ3v) is 6.94. The second-order valence-corrected chi connectivity index (χ2v) is 13.6. The van der Waals surface area contributed by atoms with Crippen LogP contribution in [0, 0.1) is 6.92 Å². The van der Waals surface area contributed by atoms with Crippen molar-refractivity contribution in [3.05, 3.63) is 29.8 Å². The zero-order valence-electron chi connectivity index (χ0n) is 15.9. The molecule has 0 saturated carbocycles. The summed E-state index contributed by atoms with van der Waals surface area (Å²) in [5.74, 6) is 0.951. The Kier molecular flexibility index (Phi) is 7.12. The fraction of sp³-hybridized carbons (Fsp3) is 0.611. The first-order chi connectivity index (χ1) is 12.1. The predicted octanol–water partition coefficient (Wildman–Crippen LogP) is 2.36. The Morgan fingerprint density at radius 2 is 1.81 bits per heavy atom. The van der Waals surface area contributed by atoms with E-state index in [0.29, 0.717) is 19.4 Å². The molecule has 1 heterocycles. The number of benzene rings is 1. The highest BCUT2D eigenvalue weighted by atomic mass is 32.3. The van der Waals surface area contributed by atoms with Crippen LogP contribution in [0.15, 0.2) is 29.2 Å². The quantitative estimate of drug-likeness (QED) is 0.467. The van der Waals surface area contributed by atoms with Crippen molar-refractivity contribution >= 4 is 26.1 Å². The number of ether oxygens (including phenoxy) is 1. The summed E-state index contributed by atoms with van der Waals surface area (Å²) in [5, 5.41) is 0. The number of rotatable bonds is 9. The normalized spacial score (nSPS) is 19.2. The monoisotopic (exact) mass is 403 g/mol. The van der Waals surface area contributed by atoms with Crippen LogP contribution in [0.4, 0.5) is 0 Å². The van der Waals surface area contributed by atoms with Crippen LogP contribution in [-0.2, 0) is 23.8 Å². The van der Waals surface area contributed by atoms with Crippen molar-refractivity contribution in [2.45, 2.75) is 30.7 Å². The van der Waals surface area contributed by atoms with Crippen molar-refractivity contribution in [2.24, 2.45) is 0 Å². The Hall–Kier alpha value is -1.09. The minimum absolute atomic E-state index is 0.0190. The van der Waals surface area contributed by atoms with Crippen LogP contribution in [0.25, 0.3) is 0 Å². The third kappa shape index (κ3) is 6.26. The number of carbonyl (C=O) groups excluding carboxylic acids is 1. The molecule has 148 valence electrons. The highest BCUT2D eigenvalue weighted by Crippen LogP contribution is 2.33. The molecule has 0 spiro atoms. The van der Waals surface area contributed by atoms with Crippen molar-refractivity contribution in [3.63, 3.8) is 0 Å². The molecule has 6 nitrogen and oxygen atoms in total. The second kappa shape index (κ2) is 8.73. The lowest BCUT2D eigenvalue weighted by molar-refractivity contribution is -0.134. The summed E-state index contributed by atoms with van der Waals surface area (Å²) in [6.07, 6.45) is 7.61. The molecule has 1 aromatic carbocycles. The Morgan fingerprint density at radius 1 is 1.15 bits per heavy atom. The molecule has 1 fully saturated rings. The molecule has 0 N–H and O–H groups in total. The van der Waals surface area contributed by atoms with Gasteiger partial charge in [-0.25, -0.2) is 10.0 Å². The van der Waals surface area contributed by atoms with E-state index in [0.717, 1.165) is 11.3 Å². The van der Waals surface area contributed by atoms with Crippen molar-refractivity contribution in [3.8, 4) is 0 Å². The molecule has 1 unspecified atom stereocenters. The van der Waals surface area contributed by atoms with Crippen LogP contribution in [0.1, 0.15) is 18.4 Å². The van der Waals surface area contributed by atoms with Crippen LogP contribution in [0.5, 0.6) is 0 Å². The first-order valence-electron chi connectivity index (χ1n) is 8.58. The maximum Gasteiger partial charge on any atom is 0.297 e. The van der Waals surface area contributed by atoms with Gasteiger partial charge in [-0.05, 0) is 44.2 Å². The molecule has 0 bridgehead atoms. The number of carbonyl (C=O) groups is 1. The topological polar surface area (TPSA) is 72.9 Å². The molecule has 26 heavy (non-hydrogen) atoms. The Bertz CT molecular complexity index is 710. The van der Waals surface area contributed by atoms with E-state index in [9.17, 15) is 13.2 Å². The van der Waals surface area contributed by atoms with Gasteiger partial charge in [0.2, 0.25) is 5.91 Å². The molecule has 1 amide bonds. The van der Waals surface area contributed by atoms with Gasteiger partial charge in [-0.2, -0.15) is 8.42 Å². The van der Waals surface area contributed by atoms with Gasteiger partial charge in [0, 0.05) is 12.2 Å². The Labute approximate surface area is 158 Å². The lowest BCUT2D eigenvalue weighted by Gasteiger charge is -2.27. The smallest absolute Gasteiger partial charge is 0.297 e. The van der Waals surface area contributed by atoms with Crippen LogP contribution in [0.2, 0.25) is 0 Å². The van der Waals surface area contributed by atoms with Crippen molar-refractivity contribution in [1.29, 1.82) is 0 Å². The zero-order valence-corrected chi connectivity index (χ0v) is 17.6. The maximum absolute atomic E-state index is 12.3. The van der Waals surface area contributed by atoms with E-state index >= 15 is 0 Å². The third-order valence-electron chi connectivity index (χ3n) is 4.25. The molecule has 8 heteroatoms. The van der Waals surface area contributed by atoms with Gasteiger partial charge in [-0.3, -0.25) is 8.98 Å². The molecule has 2 rings (SSSR count). The van der Waals surface area contributed by atoms with Crippen molar-refractivity contribution in [1.82, 2.24) is 4.90 Å². The minimum Gasteiger partial charge on any atom is -0.360 e. The molecule has 1 aliphatic rings. The summed E-state index contributed by atoms with van der Waals surface area (Å²) in [5.41, 5.74) is 0.978. The van der Waals surface area contributed by atoms with E-state index in [4.69, 9.17) is 8.92 Å². The SMILES string of the molecule is Cc1ccc(S(=O)(=O)OCC2CCC(=O)N2COCCS(C)(C)C)cc1. The number of likely N-dealkylation sites (tertiary alicyclic amines) is 1. The number of hydrogen-bond donors (Lipinski definition) is 0. The predicted molar refractivity (Wildman–Crippen MR) is 105 cm³/mol. The Morgan fingerprint density at radius 3 is 2.42 bits per heavy atom. The zero-order chi connectivity index (χ0) is 19.4. The molecule has 1 saturated heterocycles. The van der Waals surface area contributed by atoms with E-state index in [1.54, 1.807) is 17.0 Å². The van der Waals surface area contributed by atoms with Gasteiger partial charge in [-0.1, -0.05) is 17.7 Å². The maximum atomic E-state index is 12.3. The lowest BCUT2D eigenvalue weighted by Crippen LogP contribution is -2.38. The van der Waals surface area contributed by atoms with Crippen LogP contribution >= 0.6 is 10.0 Å². The summed E-state index contributed by atoms with van der Waals surface area (Å²) < 4.78 is 35.5. The van der Waals surface area contributed by atoms with Gasteiger partial charge < -0.3 is 9.64 Å². The molecule has 1 atom stereocenters. The van der Waals surface area contributed by atoms with E-state index in [1.807, 2.05) is 6.92 Å². The summed E-state index contributed by atoms with van der Waals surface area (Å²) in [4.78, 5) is 13.8. The number of hydrogen-bond acceptors (Lipinski definition) is 5. The van der Waals surface area contributed by atoms with Crippen molar-refractivity contribution in [2.75, 3.05) is 44.5 Å². The summed E-state index contributed by atoms with van der Waals surface area (Å²) >= 11 is 0. The average molecular weight is 404 g/mol. The molecule has 0 aromatic heterocycles. The lowest BCUT2D eigenvalue weighted by atomic mass is 10.2. The van der Waals surface area contributed by atoms with Gasteiger partial charge in [0.05, 0.1) is 24.2 Å². The summed E-state index contributed by atoms with van der Waals surface area (Å²) in [6, 6.07) is 6.24. The van der Waals surface area contributed by atoms with Gasteiger partial charge in [0.25, 0.3) is 10.1 Å². The first kappa shape index (κ1) is 21.2. The second-order valence-electron chi connectivity index (χ2n) is 7.44. The highest BCUT2D eigenvalue weighted by molar-refractivity contribution is 8.32. The van der Waals surface area contributed by atoms with Crippen LogP contribution < -0.4 is 0 Å². The molecular formula is C18H29NO5S2. The first-order valence-corrected chi connectivity index (χ1v) is 13.0. The van der Waals surface area contributed by atoms with E-state index in [1.165, 1.54) is 12.1 Å². The average Bonchev–Trinajstić information content (AvgIpc) is 2.89. The number of amides is 1. The van der Waals surface area contributed by atoms with E-state index in [2.05, 4.69) is 18.8 Å². The standard InChI is InChI=1S/C18H29NO5S2/c1-15-5-8-17(9-6-15)26(21,22)24-13-16-7-10-18(20)19(16)14-23-11-12-25(2,3)4/h5-6,8-9,16H,7,10-14H2,1-4H3. The fourth-order valence-electron chi connectivity index (χ4n) is 2.56. The molecular weight excluding hydrogens is 374 g/mol. The minimum atomic E-state index is -3.83. The molecule has 1 aliphatic heterocycles. The number of aryl methyl sites for hydroxylation is 1. The fourth-order valence-corrected chi connectivity index (χ4v) is 4.12. The van der Waals surface area contributed by atoms with Crippen molar-refractivity contribution < 1.29 is 22.1 Å². The summed E-state index contributed by atoms with van der Waals surface area (Å²) in [6.45, 7) is 2.63. The number of nitrogens with zero attached hydrogens (tertiary/aromatic N) is 1. The van der Waals surface area contributed by atoms with Gasteiger partial charge in [0.1, 0.15) is 6.73 Å². The van der Waals surface area contributed by atoms with E-state index in [-0.39, 0.29) is 30.2 Å². The summed E-state index contributed by atoms with van der Waals surface area (Å²) in [7, 11) is -4.47. The Balaban J connectivity index is 1.88. The highest BCUT2D eigenvalue weighted by Gasteiger charge is 2.32. The largest absolute Gasteiger partial charge is 0.360 e. The van der Waals surface area contributed by atoms with E-state index < -0.39 is 20.1 Å². The van der Waals surface area contributed by atoms with Gasteiger partial charge in [-0.15, -0.1) is 0 Å². The van der Waals surface area contributed by atoms with Crippen LogP contribution in [0.3, 0.4) is 0 Å². The molecule has 1 aromatic rings. The van der Waals surface area contributed by atoms with Gasteiger partial charge in [0.15, 0.2) is 0 Å². The molecule has 0 aliphatic carbocycles.